The minimum absolute atomic E-state index is 0. The first-order valence-electron chi connectivity index (χ1n) is 7.86. The summed E-state index contributed by atoms with van der Waals surface area (Å²) < 4.78 is 48.6. The monoisotopic (exact) mass is 445 g/mol. The highest BCUT2D eigenvalue weighted by Crippen LogP contribution is 2.32. The molecule has 154 valence electrons. The Kier molecular flexibility index (Phi) is 8.48. The molecule has 0 aliphatic rings. The molecule has 0 N–H and O–H groups in total. The van der Waals surface area contributed by atoms with Crippen LogP contribution in [-0.2, 0) is 10.9 Å². The number of carbonyl (C=O) groups is 1. The van der Waals surface area contributed by atoms with Crippen molar-refractivity contribution in [2.24, 2.45) is 0 Å². The molecule has 0 radical (unpaired) electrons. The quantitative estimate of drug-likeness (QED) is 0.451. The van der Waals surface area contributed by atoms with Crippen molar-refractivity contribution in [2.75, 3.05) is 7.11 Å². The minimum atomic E-state index is -4.42. The van der Waals surface area contributed by atoms with Crippen LogP contribution in [0, 0.1) is 0 Å². The van der Waals surface area contributed by atoms with E-state index in [1.807, 2.05) is 0 Å². The summed E-state index contributed by atoms with van der Waals surface area (Å²) in [7, 11) is 1.24. The Labute approximate surface area is 177 Å². The average Bonchev–Trinajstić information content (AvgIpc) is 3.10. The Balaban J connectivity index is 0.00000210. The molecule has 0 aliphatic carbocycles. The van der Waals surface area contributed by atoms with E-state index in [2.05, 4.69) is 4.98 Å². The highest BCUT2D eigenvalue weighted by Gasteiger charge is 2.30. The molecule has 0 spiro atoms. The van der Waals surface area contributed by atoms with Crippen LogP contribution in [0.5, 0.6) is 0 Å². The number of esters is 1. The molecule has 0 amide bonds. The molecule has 2 heterocycles. The number of hydrogen-bond donors (Lipinski definition) is 0. The molecule has 0 saturated carbocycles. The van der Waals surface area contributed by atoms with Crippen LogP contribution in [-0.4, -0.2) is 18.1 Å². The SMILES string of the molecule is COC(=O)c1cc(-c2ccc(C(F)(F)F)cc2)oc1/C=C/c1ccncc1.Cl.Cl. The van der Waals surface area contributed by atoms with E-state index < -0.39 is 17.7 Å². The molecule has 3 rings (SSSR count). The van der Waals surface area contributed by atoms with Crippen molar-refractivity contribution >= 4 is 42.9 Å². The number of benzene rings is 1. The molecule has 0 atom stereocenters. The van der Waals surface area contributed by atoms with E-state index in [1.54, 1.807) is 36.7 Å². The van der Waals surface area contributed by atoms with Gasteiger partial charge in [0.05, 0.1) is 12.7 Å². The van der Waals surface area contributed by atoms with Crippen LogP contribution in [0.1, 0.15) is 27.2 Å². The summed E-state index contributed by atoms with van der Waals surface area (Å²) >= 11 is 0. The minimum Gasteiger partial charge on any atom is -0.465 e. The maximum Gasteiger partial charge on any atom is 0.416 e. The summed E-state index contributed by atoms with van der Waals surface area (Å²) in [5.41, 5.74) is 0.673. The Hall–Kier alpha value is -2.77. The molecular weight excluding hydrogens is 430 g/mol. The van der Waals surface area contributed by atoms with Crippen molar-refractivity contribution < 1.29 is 27.1 Å². The maximum absolute atomic E-state index is 12.7. The van der Waals surface area contributed by atoms with Gasteiger partial charge >= 0.3 is 12.1 Å². The van der Waals surface area contributed by atoms with Crippen LogP contribution >= 0.6 is 24.8 Å². The molecular formula is C20H16Cl2F3NO3. The second kappa shape index (κ2) is 10.1. The molecule has 0 aliphatic heterocycles. The summed E-state index contributed by atoms with van der Waals surface area (Å²) in [6.07, 6.45) is 2.14. The third-order valence-electron chi connectivity index (χ3n) is 3.80. The standard InChI is InChI=1S/C20H14F3NO3.2ClH/c1-26-19(25)16-12-18(14-3-5-15(6-4-14)20(21,22)23)27-17(16)7-2-13-8-10-24-11-9-13;;/h2-12H,1H3;2*1H/b7-2+;;. The lowest BCUT2D eigenvalue weighted by Gasteiger charge is -2.06. The van der Waals surface area contributed by atoms with Gasteiger partial charge in [-0.3, -0.25) is 4.98 Å². The number of nitrogens with zero attached hydrogens (tertiary/aromatic N) is 1. The Morgan fingerprint density at radius 1 is 1.03 bits per heavy atom. The van der Waals surface area contributed by atoms with Gasteiger partial charge in [-0.2, -0.15) is 13.2 Å². The third kappa shape index (κ3) is 5.85. The van der Waals surface area contributed by atoms with E-state index in [0.29, 0.717) is 5.56 Å². The van der Waals surface area contributed by atoms with E-state index in [4.69, 9.17) is 9.15 Å². The normalized spacial score (nSPS) is 10.9. The maximum atomic E-state index is 12.7. The van der Waals surface area contributed by atoms with Gasteiger partial charge in [0.2, 0.25) is 0 Å². The molecule has 0 bridgehead atoms. The van der Waals surface area contributed by atoms with Crippen LogP contribution in [0.2, 0.25) is 0 Å². The number of alkyl halides is 3. The highest BCUT2D eigenvalue weighted by atomic mass is 35.5. The molecule has 0 saturated heterocycles. The lowest BCUT2D eigenvalue weighted by molar-refractivity contribution is -0.137. The van der Waals surface area contributed by atoms with Crippen LogP contribution in [0.25, 0.3) is 23.5 Å². The van der Waals surface area contributed by atoms with Crippen molar-refractivity contribution in [2.45, 2.75) is 6.18 Å². The summed E-state index contributed by atoms with van der Waals surface area (Å²) in [5.74, 6) is -0.0987. The molecule has 29 heavy (non-hydrogen) atoms. The Morgan fingerprint density at radius 3 is 2.21 bits per heavy atom. The van der Waals surface area contributed by atoms with E-state index in [0.717, 1.165) is 17.7 Å². The van der Waals surface area contributed by atoms with Gasteiger partial charge < -0.3 is 9.15 Å². The number of pyridine rings is 1. The zero-order chi connectivity index (χ0) is 19.4. The number of carbonyl (C=O) groups excluding carboxylic acids is 1. The zero-order valence-electron chi connectivity index (χ0n) is 15.0. The number of aromatic nitrogens is 1. The summed E-state index contributed by atoms with van der Waals surface area (Å²) in [5, 5.41) is 0. The lowest BCUT2D eigenvalue weighted by Crippen LogP contribution is -2.03. The van der Waals surface area contributed by atoms with Crippen LogP contribution < -0.4 is 0 Å². The van der Waals surface area contributed by atoms with Gasteiger partial charge in [0.15, 0.2) is 0 Å². The first-order chi connectivity index (χ1) is 12.9. The predicted molar refractivity (Wildman–Crippen MR) is 108 cm³/mol. The molecule has 1 aromatic carbocycles. The fourth-order valence-corrected chi connectivity index (χ4v) is 2.41. The zero-order valence-corrected chi connectivity index (χ0v) is 16.6. The fourth-order valence-electron chi connectivity index (χ4n) is 2.41. The Morgan fingerprint density at radius 2 is 1.66 bits per heavy atom. The fraction of sp³-hybridized carbons (Fsp3) is 0.100. The van der Waals surface area contributed by atoms with Gasteiger partial charge in [0.25, 0.3) is 0 Å². The van der Waals surface area contributed by atoms with E-state index in [-0.39, 0.29) is 41.9 Å². The third-order valence-corrected chi connectivity index (χ3v) is 3.80. The van der Waals surface area contributed by atoms with E-state index in [9.17, 15) is 18.0 Å². The van der Waals surface area contributed by atoms with Crippen molar-refractivity contribution in [1.82, 2.24) is 4.98 Å². The lowest BCUT2D eigenvalue weighted by atomic mass is 10.1. The predicted octanol–water partition coefficient (Wildman–Crippen LogP) is 6.16. The molecule has 4 nitrogen and oxygen atoms in total. The molecule has 3 aromatic rings. The van der Waals surface area contributed by atoms with Gasteiger partial charge in [-0.1, -0.05) is 18.2 Å². The Bertz CT molecular complexity index is 969. The second-order valence-corrected chi connectivity index (χ2v) is 5.57. The number of methoxy groups -OCH3 is 1. The summed E-state index contributed by atoms with van der Waals surface area (Å²) in [6.45, 7) is 0. The highest BCUT2D eigenvalue weighted by molar-refractivity contribution is 5.95. The second-order valence-electron chi connectivity index (χ2n) is 5.57. The van der Waals surface area contributed by atoms with Crippen LogP contribution in [0.15, 0.2) is 59.3 Å². The van der Waals surface area contributed by atoms with Gasteiger partial charge in [0, 0.05) is 18.0 Å². The number of hydrogen-bond acceptors (Lipinski definition) is 4. The van der Waals surface area contributed by atoms with E-state index >= 15 is 0 Å². The van der Waals surface area contributed by atoms with Gasteiger partial charge in [-0.25, -0.2) is 4.79 Å². The van der Waals surface area contributed by atoms with Crippen molar-refractivity contribution in [3.05, 3.63) is 77.3 Å². The van der Waals surface area contributed by atoms with Crippen molar-refractivity contribution in [1.29, 1.82) is 0 Å². The van der Waals surface area contributed by atoms with Gasteiger partial charge in [-0.05, 0) is 42.0 Å². The molecule has 9 heteroatoms. The topological polar surface area (TPSA) is 52.3 Å². The molecule has 2 aromatic heterocycles. The van der Waals surface area contributed by atoms with Gasteiger partial charge in [-0.15, -0.1) is 24.8 Å². The van der Waals surface area contributed by atoms with Crippen molar-refractivity contribution in [3.8, 4) is 11.3 Å². The van der Waals surface area contributed by atoms with Gasteiger partial charge in [0.1, 0.15) is 17.1 Å². The number of furan rings is 1. The largest absolute Gasteiger partial charge is 0.465 e. The first-order valence-corrected chi connectivity index (χ1v) is 7.86. The van der Waals surface area contributed by atoms with Crippen molar-refractivity contribution in [3.63, 3.8) is 0 Å². The molecule has 0 unspecified atom stereocenters. The first kappa shape index (κ1) is 24.3. The average molecular weight is 446 g/mol. The molecule has 0 fully saturated rings. The van der Waals surface area contributed by atoms with Crippen LogP contribution in [0.4, 0.5) is 13.2 Å². The summed E-state index contributed by atoms with van der Waals surface area (Å²) in [4.78, 5) is 15.9. The smallest absolute Gasteiger partial charge is 0.416 e. The number of ether oxygens (including phenoxy) is 1. The van der Waals surface area contributed by atoms with E-state index in [1.165, 1.54) is 25.3 Å². The number of rotatable bonds is 4. The number of halogens is 5. The summed E-state index contributed by atoms with van der Waals surface area (Å²) in [6, 6.07) is 9.49. The van der Waals surface area contributed by atoms with Crippen LogP contribution in [0.3, 0.4) is 0 Å².